The average molecular weight is 639 g/mol. The van der Waals surface area contributed by atoms with E-state index in [2.05, 4.69) is 5.32 Å². The number of halogens is 3. The first kappa shape index (κ1) is 32.7. The number of rotatable bonds is 11. The summed E-state index contributed by atoms with van der Waals surface area (Å²) in [5, 5.41) is 3.94. The summed E-state index contributed by atoms with van der Waals surface area (Å²) in [7, 11) is -4.20. The number of aryl methyl sites for hydroxylation is 2. The fourth-order valence-electron chi connectivity index (χ4n) is 4.03. The van der Waals surface area contributed by atoms with E-state index >= 15 is 0 Å². The molecule has 1 N–H and O–H groups in total. The van der Waals surface area contributed by atoms with Gasteiger partial charge >= 0.3 is 0 Å². The van der Waals surface area contributed by atoms with Crippen LogP contribution in [0, 0.1) is 13.8 Å². The van der Waals surface area contributed by atoms with Crippen LogP contribution in [0.15, 0.2) is 65.6 Å². The third-order valence-electron chi connectivity index (χ3n) is 6.96. The molecule has 3 rings (SSSR count). The van der Waals surface area contributed by atoms with Gasteiger partial charge < -0.3 is 10.2 Å². The maximum absolute atomic E-state index is 14.0. The molecule has 3 aromatic carbocycles. The van der Waals surface area contributed by atoms with Gasteiger partial charge in [-0.3, -0.25) is 13.9 Å². The van der Waals surface area contributed by atoms with Gasteiger partial charge in [-0.15, -0.1) is 0 Å². The molecule has 0 heterocycles. The molecule has 0 spiro atoms. The second kappa shape index (κ2) is 13.9. The van der Waals surface area contributed by atoms with E-state index in [4.69, 9.17) is 34.8 Å². The smallest absolute Gasteiger partial charge is 0.264 e. The Labute approximate surface area is 257 Å². The first-order valence-electron chi connectivity index (χ1n) is 13.1. The number of anilines is 1. The second-order valence-electron chi connectivity index (χ2n) is 10.00. The number of benzene rings is 3. The summed E-state index contributed by atoms with van der Waals surface area (Å²) in [5.74, 6) is -0.926. The first-order chi connectivity index (χ1) is 19.2. The van der Waals surface area contributed by atoms with E-state index in [0.29, 0.717) is 32.7 Å². The third-order valence-corrected chi connectivity index (χ3v) is 9.74. The maximum atomic E-state index is 14.0. The van der Waals surface area contributed by atoms with Gasteiger partial charge in [-0.2, -0.15) is 0 Å². The highest BCUT2D eigenvalue weighted by Gasteiger charge is 2.33. The molecule has 2 unspecified atom stereocenters. The van der Waals surface area contributed by atoms with Crippen molar-refractivity contribution < 1.29 is 18.0 Å². The van der Waals surface area contributed by atoms with Crippen LogP contribution in [0.2, 0.25) is 15.1 Å². The van der Waals surface area contributed by atoms with Crippen molar-refractivity contribution in [3.8, 4) is 0 Å². The molecular formula is C30H34Cl3N3O4S. The lowest BCUT2D eigenvalue weighted by molar-refractivity contribution is -0.139. The Kier molecular flexibility index (Phi) is 11.1. The van der Waals surface area contributed by atoms with E-state index in [-0.39, 0.29) is 23.4 Å². The molecule has 3 aromatic rings. The number of nitrogens with one attached hydrogen (secondary N) is 1. The van der Waals surface area contributed by atoms with Gasteiger partial charge in [0.2, 0.25) is 11.8 Å². The zero-order valence-corrected chi connectivity index (χ0v) is 26.7. The summed E-state index contributed by atoms with van der Waals surface area (Å²) in [6.07, 6.45) is 0.707. The Balaban J connectivity index is 2.06. The van der Waals surface area contributed by atoms with Crippen LogP contribution in [-0.2, 0) is 26.2 Å². The molecule has 0 bridgehead atoms. The SMILES string of the molecule is CCC(C)NC(=O)C(C)N(Cc1ccc(Cl)c(Cl)c1)C(=O)CN(c1ccc(C)c(C)c1)S(=O)(=O)c1ccc(Cl)cc1. The molecular weight excluding hydrogens is 605 g/mol. The molecule has 0 aliphatic carbocycles. The zero-order valence-electron chi connectivity index (χ0n) is 23.6. The van der Waals surface area contributed by atoms with Gasteiger partial charge in [0.25, 0.3) is 10.0 Å². The van der Waals surface area contributed by atoms with Crippen molar-refractivity contribution in [3.05, 3.63) is 92.4 Å². The minimum Gasteiger partial charge on any atom is -0.352 e. The van der Waals surface area contributed by atoms with Crippen molar-refractivity contribution in [2.75, 3.05) is 10.8 Å². The maximum Gasteiger partial charge on any atom is 0.264 e. The standard InChI is InChI=1S/C30H34Cl3N3O4S/c1-6-21(4)34-30(38)22(5)35(17-23-8-14-27(32)28(33)16-23)29(37)18-36(25-11-7-19(2)20(3)15-25)41(39,40)26-12-9-24(31)10-13-26/h7-16,21-22H,6,17-18H2,1-5H3,(H,34,38). The highest BCUT2D eigenvalue weighted by Crippen LogP contribution is 2.28. The molecule has 7 nitrogen and oxygen atoms in total. The van der Waals surface area contributed by atoms with Gasteiger partial charge in [-0.05, 0) is 99.3 Å². The van der Waals surface area contributed by atoms with Crippen molar-refractivity contribution in [1.29, 1.82) is 0 Å². The molecule has 2 amide bonds. The monoisotopic (exact) mass is 637 g/mol. The Morgan fingerprint density at radius 3 is 2.12 bits per heavy atom. The molecule has 0 saturated carbocycles. The Morgan fingerprint density at radius 1 is 0.878 bits per heavy atom. The van der Waals surface area contributed by atoms with Crippen molar-refractivity contribution in [2.45, 2.75) is 64.6 Å². The highest BCUT2D eigenvalue weighted by molar-refractivity contribution is 7.92. The van der Waals surface area contributed by atoms with E-state index < -0.39 is 28.5 Å². The van der Waals surface area contributed by atoms with E-state index in [1.165, 1.54) is 29.2 Å². The van der Waals surface area contributed by atoms with Crippen LogP contribution in [0.25, 0.3) is 0 Å². The minimum absolute atomic E-state index is 0.00652. The fourth-order valence-corrected chi connectivity index (χ4v) is 5.88. The number of carbonyl (C=O) groups is 2. The average Bonchev–Trinajstić information content (AvgIpc) is 2.93. The molecule has 11 heteroatoms. The van der Waals surface area contributed by atoms with Crippen LogP contribution in [0.5, 0.6) is 0 Å². The molecule has 0 radical (unpaired) electrons. The quantitative estimate of drug-likeness (QED) is 0.251. The summed E-state index contributed by atoms with van der Waals surface area (Å²) < 4.78 is 28.9. The number of nitrogens with zero attached hydrogens (tertiary/aromatic N) is 2. The molecule has 220 valence electrons. The molecule has 0 aliphatic heterocycles. The number of carbonyl (C=O) groups excluding carboxylic acids is 2. The summed E-state index contributed by atoms with van der Waals surface area (Å²) in [5.41, 5.74) is 2.79. The summed E-state index contributed by atoms with van der Waals surface area (Å²) in [4.78, 5) is 28.5. The predicted octanol–water partition coefficient (Wildman–Crippen LogP) is 6.79. The van der Waals surface area contributed by atoms with E-state index in [1.54, 1.807) is 43.3 Å². The Bertz CT molecular complexity index is 1510. The van der Waals surface area contributed by atoms with Gasteiger partial charge in [-0.25, -0.2) is 8.42 Å². The summed E-state index contributed by atoms with van der Waals surface area (Å²) >= 11 is 18.3. The molecule has 0 aliphatic rings. The molecule has 41 heavy (non-hydrogen) atoms. The Morgan fingerprint density at radius 2 is 1.54 bits per heavy atom. The normalized spacial score (nSPS) is 12.9. The largest absolute Gasteiger partial charge is 0.352 e. The van der Waals surface area contributed by atoms with Crippen LogP contribution >= 0.6 is 34.8 Å². The van der Waals surface area contributed by atoms with Gasteiger partial charge in [0.05, 0.1) is 20.6 Å². The van der Waals surface area contributed by atoms with Crippen LogP contribution < -0.4 is 9.62 Å². The van der Waals surface area contributed by atoms with E-state index in [9.17, 15) is 18.0 Å². The van der Waals surface area contributed by atoms with Gasteiger partial charge in [0.1, 0.15) is 12.6 Å². The molecule has 0 saturated heterocycles. The summed E-state index contributed by atoms with van der Waals surface area (Å²) in [6, 6.07) is 14.8. The van der Waals surface area contributed by atoms with Crippen LogP contribution in [0.3, 0.4) is 0 Å². The minimum atomic E-state index is -4.20. The van der Waals surface area contributed by atoms with E-state index in [1.807, 2.05) is 27.7 Å². The fraction of sp³-hybridized carbons (Fsp3) is 0.333. The number of amides is 2. The lowest BCUT2D eigenvalue weighted by atomic mass is 10.1. The highest BCUT2D eigenvalue weighted by atomic mass is 35.5. The van der Waals surface area contributed by atoms with Crippen LogP contribution in [-0.4, -0.2) is 43.8 Å². The van der Waals surface area contributed by atoms with Gasteiger partial charge in [0.15, 0.2) is 0 Å². The van der Waals surface area contributed by atoms with Gasteiger partial charge in [-0.1, -0.05) is 53.9 Å². The topological polar surface area (TPSA) is 86.8 Å². The first-order valence-corrected chi connectivity index (χ1v) is 15.7. The van der Waals surface area contributed by atoms with E-state index in [0.717, 1.165) is 15.4 Å². The number of sulfonamides is 1. The third kappa shape index (κ3) is 8.16. The molecule has 2 atom stereocenters. The van der Waals surface area contributed by atoms with Crippen molar-refractivity contribution >= 4 is 62.3 Å². The lowest BCUT2D eigenvalue weighted by Crippen LogP contribution is -2.52. The molecule has 0 aromatic heterocycles. The number of hydrogen-bond donors (Lipinski definition) is 1. The van der Waals surface area contributed by atoms with Crippen molar-refractivity contribution in [3.63, 3.8) is 0 Å². The van der Waals surface area contributed by atoms with Crippen LogP contribution in [0.1, 0.15) is 43.9 Å². The predicted molar refractivity (Wildman–Crippen MR) is 166 cm³/mol. The van der Waals surface area contributed by atoms with Gasteiger partial charge in [0, 0.05) is 17.6 Å². The zero-order chi connectivity index (χ0) is 30.5. The lowest BCUT2D eigenvalue weighted by Gasteiger charge is -2.32. The summed E-state index contributed by atoms with van der Waals surface area (Å²) in [6.45, 7) is 8.67. The van der Waals surface area contributed by atoms with Crippen molar-refractivity contribution in [1.82, 2.24) is 10.2 Å². The van der Waals surface area contributed by atoms with Crippen molar-refractivity contribution in [2.24, 2.45) is 0 Å². The molecule has 0 fully saturated rings. The Hall–Kier alpha value is -2.78. The second-order valence-corrected chi connectivity index (χ2v) is 13.1. The van der Waals surface area contributed by atoms with Crippen LogP contribution in [0.4, 0.5) is 5.69 Å². The number of hydrogen-bond acceptors (Lipinski definition) is 4.